The quantitative estimate of drug-likeness (QED) is 0.708. The van der Waals surface area contributed by atoms with Gasteiger partial charge in [-0.25, -0.2) is 0 Å². The molecule has 3 nitrogen and oxygen atoms in total. The van der Waals surface area contributed by atoms with E-state index in [1.165, 1.54) is 11.1 Å². The zero-order valence-corrected chi connectivity index (χ0v) is 11.4. The van der Waals surface area contributed by atoms with Crippen molar-refractivity contribution in [2.45, 2.75) is 13.5 Å². The number of benzene rings is 2. The van der Waals surface area contributed by atoms with Crippen molar-refractivity contribution in [3.63, 3.8) is 0 Å². The van der Waals surface area contributed by atoms with Crippen molar-refractivity contribution in [1.29, 1.82) is 0 Å². The molecule has 3 heteroatoms. The molecular weight excluding hydrogens is 246 g/mol. The number of rotatable bonds is 3. The molecule has 3 rings (SSSR count). The van der Waals surface area contributed by atoms with Crippen LogP contribution < -0.4 is 11.1 Å². The molecule has 0 spiro atoms. The van der Waals surface area contributed by atoms with Crippen LogP contribution in [-0.4, -0.2) is 4.98 Å². The number of aromatic nitrogens is 1. The Labute approximate surface area is 118 Å². The van der Waals surface area contributed by atoms with Crippen LogP contribution in [0.25, 0.3) is 10.9 Å². The summed E-state index contributed by atoms with van der Waals surface area (Å²) in [6.07, 6.45) is 1.79. The maximum atomic E-state index is 5.98. The molecule has 3 N–H and O–H groups in total. The number of anilines is 2. The number of nitrogens with zero attached hydrogens (tertiary/aromatic N) is 1. The molecular formula is C17H17N3. The maximum Gasteiger partial charge on any atom is 0.0953 e. The van der Waals surface area contributed by atoms with Gasteiger partial charge in [0.15, 0.2) is 0 Å². The Morgan fingerprint density at radius 3 is 2.85 bits per heavy atom. The summed E-state index contributed by atoms with van der Waals surface area (Å²) in [6, 6.07) is 16.3. The number of pyridine rings is 1. The summed E-state index contributed by atoms with van der Waals surface area (Å²) in [7, 11) is 0. The highest BCUT2D eigenvalue weighted by atomic mass is 14.9. The number of nitrogens with one attached hydrogen (secondary N) is 1. The maximum absolute atomic E-state index is 5.98. The van der Waals surface area contributed by atoms with Crippen molar-refractivity contribution in [3.05, 3.63) is 65.9 Å². The molecule has 0 unspecified atom stereocenters. The number of fused-ring (bicyclic) bond motifs is 1. The van der Waals surface area contributed by atoms with E-state index in [0.29, 0.717) is 0 Å². The Bertz CT molecular complexity index is 750. The predicted molar refractivity (Wildman–Crippen MR) is 84.7 cm³/mol. The summed E-state index contributed by atoms with van der Waals surface area (Å²) in [5.41, 5.74) is 11.2. The minimum Gasteiger partial charge on any atom is -0.398 e. The average Bonchev–Trinajstić information content (AvgIpc) is 2.47. The Balaban J connectivity index is 1.90. The highest BCUT2D eigenvalue weighted by Gasteiger charge is 2.04. The molecule has 1 heterocycles. The predicted octanol–water partition coefficient (Wildman–Crippen LogP) is 3.74. The van der Waals surface area contributed by atoms with E-state index in [4.69, 9.17) is 5.73 Å². The zero-order valence-electron chi connectivity index (χ0n) is 11.4. The third kappa shape index (κ3) is 2.43. The molecule has 0 saturated carbocycles. The monoisotopic (exact) mass is 263 g/mol. The summed E-state index contributed by atoms with van der Waals surface area (Å²) in [6.45, 7) is 2.88. The summed E-state index contributed by atoms with van der Waals surface area (Å²) in [5.74, 6) is 0. The van der Waals surface area contributed by atoms with Crippen molar-refractivity contribution >= 4 is 22.3 Å². The van der Waals surface area contributed by atoms with Gasteiger partial charge in [0.1, 0.15) is 0 Å². The molecule has 0 radical (unpaired) electrons. The van der Waals surface area contributed by atoms with Crippen molar-refractivity contribution < 1.29 is 0 Å². The fraction of sp³-hybridized carbons (Fsp3) is 0.118. The van der Waals surface area contributed by atoms with Gasteiger partial charge in [0, 0.05) is 23.8 Å². The normalized spacial score (nSPS) is 10.7. The van der Waals surface area contributed by atoms with Crippen molar-refractivity contribution in [3.8, 4) is 0 Å². The number of nitrogens with two attached hydrogens (primary N) is 1. The third-order valence-electron chi connectivity index (χ3n) is 3.37. The highest BCUT2D eigenvalue weighted by Crippen LogP contribution is 2.26. The van der Waals surface area contributed by atoms with Crippen LogP contribution in [0.1, 0.15) is 11.1 Å². The summed E-state index contributed by atoms with van der Waals surface area (Å²) in [4.78, 5) is 4.43. The first-order chi connectivity index (χ1) is 9.74. The molecule has 0 aliphatic rings. The first-order valence-electron chi connectivity index (χ1n) is 6.66. The van der Waals surface area contributed by atoms with Gasteiger partial charge < -0.3 is 11.1 Å². The number of aryl methyl sites for hydroxylation is 1. The van der Waals surface area contributed by atoms with Gasteiger partial charge in [-0.15, -0.1) is 0 Å². The molecule has 0 bridgehead atoms. The fourth-order valence-corrected chi connectivity index (χ4v) is 2.36. The van der Waals surface area contributed by atoms with Gasteiger partial charge in [0.2, 0.25) is 0 Å². The number of hydrogen-bond acceptors (Lipinski definition) is 3. The van der Waals surface area contributed by atoms with Gasteiger partial charge in [-0.1, -0.05) is 29.8 Å². The van der Waals surface area contributed by atoms with E-state index in [2.05, 4.69) is 41.5 Å². The second kappa shape index (κ2) is 5.21. The fourth-order valence-electron chi connectivity index (χ4n) is 2.36. The lowest BCUT2D eigenvalue weighted by Gasteiger charge is -2.11. The zero-order chi connectivity index (χ0) is 13.9. The first kappa shape index (κ1) is 12.5. The second-order valence-electron chi connectivity index (χ2n) is 4.94. The summed E-state index contributed by atoms with van der Waals surface area (Å²) < 4.78 is 0. The standard InChI is InChI=1S/C17H17N3/c1-12-4-2-5-13(10-12)11-20-16-8-7-15(18)14-6-3-9-19-17(14)16/h2-10,20H,11,18H2,1H3. The molecule has 0 amide bonds. The largest absolute Gasteiger partial charge is 0.398 e. The van der Waals surface area contributed by atoms with Crippen LogP contribution in [0.3, 0.4) is 0 Å². The topological polar surface area (TPSA) is 50.9 Å². The lowest BCUT2D eigenvalue weighted by molar-refractivity contribution is 1.14. The highest BCUT2D eigenvalue weighted by molar-refractivity contribution is 5.98. The lowest BCUT2D eigenvalue weighted by atomic mass is 10.1. The second-order valence-corrected chi connectivity index (χ2v) is 4.94. The van der Waals surface area contributed by atoms with Crippen LogP contribution >= 0.6 is 0 Å². The average molecular weight is 263 g/mol. The molecule has 0 fully saturated rings. The Morgan fingerprint density at radius 2 is 2.00 bits per heavy atom. The Kier molecular flexibility index (Phi) is 3.25. The molecule has 0 aliphatic heterocycles. The Morgan fingerprint density at radius 1 is 1.10 bits per heavy atom. The molecule has 20 heavy (non-hydrogen) atoms. The van der Waals surface area contributed by atoms with Gasteiger partial charge in [-0.05, 0) is 36.8 Å². The third-order valence-corrected chi connectivity index (χ3v) is 3.37. The van der Waals surface area contributed by atoms with Crippen molar-refractivity contribution in [1.82, 2.24) is 4.98 Å². The number of nitrogen functional groups attached to an aromatic ring is 1. The van der Waals surface area contributed by atoms with E-state index in [0.717, 1.165) is 28.8 Å². The van der Waals surface area contributed by atoms with Crippen LogP contribution in [0.5, 0.6) is 0 Å². The van der Waals surface area contributed by atoms with E-state index in [-0.39, 0.29) is 0 Å². The molecule has 1 aromatic heterocycles. The van der Waals surface area contributed by atoms with Crippen LogP contribution in [0.15, 0.2) is 54.7 Å². The van der Waals surface area contributed by atoms with E-state index in [9.17, 15) is 0 Å². The van der Waals surface area contributed by atoms with E-state index in [1.54, 1.807) is 6.20 Å². The van der Waals surface area contributed by atoms with Crippen molar-refractivity contribution in [2.24, 2.45) is 0 Å². The van der Waals surface area contributed by atoms with Gasteiger partial charge in [-0.3, -0.25) is 4.98 Å². The smallest absolute Gasteiger partial charge is 0.0953 e. The van der Waals surface area contributed by atoms with Gasteiger partial charge in [0.25, 0.3) is 0 Å². The van der Waals surface area contributed by atoms with Crippen molar-refractivity contribution in [2.75, 3.05) is 11.1 Å². The summed E-state index contributed by atoms with van der Waals surface area (Å²) in [5, 5.41) is 4.43. The molecule has 0 aliphatic carbocycles. The SMILES string of the molecule is Cc1cccc(CNc2ccc(N)c3cccnc23)c1. The molecule has 100 valence electrons. The molecule has 0 atom stereocenters. The van der Waals surface area contributed by atoms with Crippen LogP contribution in [0, 0.1) is 6.92 Å². The minimum atomic E-state index is 0.759. The lowest BCUT2D eigenvalue weighted by Crippen LogP contribution is -2.01. The van der Waals surface area contributed by atoms with E-state index >= 15 is 0 Å². The van der Waals surface area contributed by atoms with E-state index < -0.39 is 0 Å². The summed E-state index contributed by atoms with van der Waals surface area (Å²) >= 11 is 0. The van der Waals surface area contributed by atoms with Gasteiger partial charge in [-0.2, -0.15) is 0 Å². The molecule has 2 aromatic carbocycles. The first-order valence-corrected chi connectivity index (χ1v) is 6.66. The molecule has 0 saturated heterocycles. The van der Waals surface area contributed by atoms with Crippen LogP contribution in [0.4, 0.5) is 11.4 Å². The minimum absolute atomic E-state index is 0.759. The van der Waals surface area contributed by atoms with Crippen LogP contribution in [0.2, 0.25) is 0 Å². The van der Waals surface area contributed by atoms with E-state index in [1.807, 2.05) is 24.3 Å². The number of hydrogen-bond donors (Lipinski definition) is 2. The van der Waals surface area contributed by atoms with Crippen LogP contribution in [-0.2, 0) is 6.54 Å². The van der Waals surface area contributed by atoms with Gasteiger partial charge >= 0.3 is 0 Å². The van der Waals surface area contributed by atoms with Gasteiger partial charge in [0.05, 0.1) is 11.2 Å². The molecule has 3 aromatic rings. The Hall–Kier alpha value is -2.55.